The van der Waals surface area contributed by atoms with Gasteiger partial charge in [0.15, 0.2) is 0 Å². The van der Waals surface area contributed by atoms with Crippen LogP contribution in [0.5, 0.6) is 0 Å². The van der Waals surface area contributed by atoms with E-state index >= 15 is 0 Å². The lowest BCUT2D eigenvalue weighted by molar-refractivity contribution is -0.173. The van der Waals surface area contributed by atoms with Crippen LogP contribution < -0.4 is 0 Å². The summed E-state index contributed by atoms with van der Waals surface area (Å²) in [6.45, 7) is 0. The smallest absolute Gasteiger partial charge is 0.287 e. The van der Waals surface area contributed by atoms with E-state index in [1.165, 1.54) is 0 Å². The van der Waals surface area contributed by atoms with Crippen LogP contribution in [0.2, 0.25) is 10.0 Å². The van der Waals surface area contributed by atoms with Crippen molar-refractivity contribution in [3.8, 4) is 0 Å². The SMILES string of the molecule is O=C(C(F)(F)F)C(c1ccc(Cl)cc1)(c1ccc(Cl)cc1)S(=O)(=O)O. The Morgan fingerprint density at radius 1 is 0.840 bits per heavy atom. The highest BCUT2D eigenvalue weighted by Crippen LogP contribution is 2.43. The number of alkyl halides is 3. The van der Waals surface area contributed by atoms with E-state index in [-0.39, 0.29) is 10.0 Å². The molecule has 2 rings (SSSR count). The van der Waals surface area contributed by atoms with Crippen LogP contribution in [0.15, 0.2) is 48.5 Å². The molecule has 0 saturated heterocycles. The zero-order valence-electron chi connectivity index (χ0n) is 12.1. The Morgan fingerprint density at radius 2 is 1.16 bits per heavy atom. The van der Waals surface area contributed by atoms with Crippen molar-refractivity contribution in [2.75, 3.05) is 0 Å². The number of hydrogen-bond acceptors (Lipinski definition) is 3. The average molecular weight is 413 g/mol. The standard InChI is InChI=1S/C15H9Cl2F3O4S/c16-11-5-1-9(2-6-11)14(25(22,23)24,13(21)15(18,19)20)10-3-7-12(17)8-4-10/h1-8H,(H,22,23,24). The van der Waals surface area contributed by atoms with Crippen LogP contribution in [-0.2, 0) is 19.7 Å². The molecule has 2 aromatic rings. The number of benzene rings is 2. The zero-order valence-corrected chi connectivity index (χ0v) is 14.4. The summed E-state index contributed by atoms with van der Waals surface area (Å²) >= 11 is 11.4. The number of carbonyl (C=O) groups excluding carboxylic acids is 1. The van der Waals surface area contributed by atoms with Gasteiger partial charge in [-0.2, -0.15) is 21.6 Å². The van der Waals surface area contributed by atoms with E-state index < -0.39 is 38.0 Å². The van der Waals surface area contributed by atoms with Gasteiger partial charge in [0.05, 0.1) is 0 Å². The quantitative estimate of drug-likeness (QED) is 0.761. The maximum absolute atomic E-state index is 13.2. The minimum atomic E-state index is -5.60. The predicted octanol–water partition coefficient (Wildman–Crippen LogP) is 4.26. The summed E-state index contributed by atoms with van der Waals surface area (Å²) in [5.41, 5.74) is -1.21. The molecule has 4 nitrogen and oxygen atoms in total. The van der Waals surface area contributed by atoms with Gasteiger partial charge in [0.25, 0.3) is 15.9 Å². The molecule has 10 heteroatoms. The van der Waals surface area contributed by atoms with E-state index in [0.29, 0.717) is 0 Å². The second-order valence-corrected chi connectivity index (χ2v) is 7.43. The highest BCUT2D eigenvalue weighted by molar-refractivity contribution is 7.88. The fraction of sp³-hybridized carbons (Fsp3) is 0.133. The number of rotatable bonds is 4. The Kier molecular flexibility index (Phi) is 5.21. The number of carbonyl (C=O) groups is 1. The molecule has 25 heavy (non-hydrogen) atoms. The third-order valence-corrected chi connectivity index (χ3v) is 5.40. The van der Waals surface area contributed by atoms with Crippen LogP contribution in [0.25, 0.3) is 0 Å². The third kappa shape index (κ3) is 3.52. The molecule has 0 atom stereocenters. The topological polar surface area (TPSA) is 71.4 Å². The molecule has 0 aromatic heterocycles. The molecule has 2 aromatic carbocycles. The maximum Gasteiger partial charge on any atom is 0.452 e. The Morgan fingerprint density at radius 3 is 1.40 bits per heavy atom. The van der Waals surface area contributed by atoms with Crippen molar-refractivity contribution in [1.82, 2.24) is 0 Å². The average Bonchev–Trinajstić information content (AvgIpc) is 2.49. The minimum absolute atomic E-state index is 0.101. The third-order valence-electron chi connectivity index (χ3n) is 3.47. The fourth-order valence-electron chi connectivity index (χ4n) is 2.41. The molecular formula is C15H9Cl2F3O4S. The van der Waals surface area contributed by atoms with Gasteiger partial charge in [0.1, 0.15) is 0 Å². The van der Waals surface area contributed by atoms with Crippen LogP contribution in [-0.4, -0.2) is 24.9 Å². The number of ketones is 1. The van der Waals surface area contributed by atoms with Crippen LogP contribution in [0, 0.1) is 0 Å². The Bertz CT molecular complexity index is 846. The number of Topliss-reactive ketones (excluding diaryl/α,β-unsaturated/α-hetero) is 1. The molecule has 0 unspecified atom stereocenters. The lowest BCUT2D eigenvalue weighted by Crippen LogP contribution is -2.50. The van der Waals surface area contributed by atoms with E-state index in [9.17, 15) is 30.9 Å². The van der Waals surface area contributed by atoms with Crippen molar-refractivity contribution in [1.29, 1.82) is 0 Å². The summed E-state index contributed by atoms with van der Waals surface area (Å²) in [5, 5.41) is 0.201. The van der Waals surface area contributed by atoms with Crippen LogP contribution in [0.3, 0.4) is 0 Å². The molecule has 0 heterocycles. The van der Waals surface area contributed by atoms with E-state index in [0.717, 1.165) is 48.5 Å². The summed E-state index contributed by atoms with van der Waals surface area (Å²) in [5.74, 6) is -2.66. The molecule has 0 aliphatic carbocycles. The predicted molar refractivity (Wildman–Crippen MR) is 86.3 cm³/mol. The van der Waals surface area contributed by atoms with Crippen LogP contribution in [0.4, 0.5) is 13.2 Å². The van der Waals surface area contributed by atoms with E-state index in [2.05, 4.69) is 0 Å². The summed E-state index contributed by atoms with van der Waals surface area (Å²) in [4.78, 5) is 12.2. The molecule has 1 N–H and O–H groups in total. The van der Waals surface area contributed by atoms with Crippen molar-refractivity contribution >= 4 is 39.1 Å². The highest BCUT2D eigenvalue weighted by Gasteiger charge is 2.62. The van der Waals surface area contributed by atoms with E-state index in [1.807, 2.05) is 0 Å². The second kappa shape index (κ2) is 6.60. The van der Waals surface area contributed by atoms with Gasteiger partial charge < -0.3 is 0 Å². The molecule has 134 valence electrons. The van der Waals surface area contributed by atoms with Crippen molar-refractivity contribution < 1.29 is 30.9 Å². The van der Waals surface area contributed by atoms with Gasteiger partial charge in [0, 0.05) is 10.0 Å². The Labute approximate surface area is 150 Å². The number of hydrogen-bond donors (Lipinski definition) is 1. The maximum atomic E-state index is 13.2. The summed E-state index contributed by atoms with van der Waals surface area (Å²) in [7, 11) is -5.60. The van der Waals surface area contributed by atoms with Gasteiger partial charge in [-0.05, 0) is 35.4 Å². The van der Waals surface area contributed by atoms with Gasteiger partial charge in [-0.15, -0.1) is 0 Å². The van der Waals surface area contributed by atoms with Gasteiger partial charge in [-0.1, -0.05) is 47.5 Å². The molecule has 0 fully saturated rings. The first kappa shape index (κ1) is 19.7. The molecule has 0 aliphatic heterocycles. The molecular weight excluding hydrogens is 404 g/mol. The summed E-state index contributed by atoms with van der Waals surface area (Å²) in [6.07, 6.45) is -5.55. The number of halogens is 5. The van der Waals surface area contributed by atoms with E-state index in [4.69, 9.17) is 23.2 Å². The van der Waals surface area contributed by atoms with Gasteiger partial charge in [-0.3, -0.25) is 9.35 Å². The molecule has 0 amide bonds. The normalized spacial score (nSPS) is 12.9. The lowest BCUT2D eigenvalue weighted by Gasteiger charge is -2.31. The Hall–Kier alpha value is -1.61. The highest BCUT2D eigenvalue weighted by atomic mass is 35.5. The molecule has 0 bridgehead atoms. The first-order chi connectivity index (χ1) is 11.4. The largest absolute Gasteiger partial charge is 0.452 e. The monoisotopic (exact) mass is 412 g/mol. The lowest BCUT2D eigenvalue weighted by atomic mass is 9.86. The minimum Gasteiger partial charge on any atom is -0.287 e. The van der Waals surface area contributed by atoms with Crippen molar-refractivity contribution in [2.45, 2.75) is 10.9 Å². The first-order valence-corrected chi connectivity index (χ1v) is 8.71. The van der Waals surface area contributed by atoms with Gasteiger partial charge >= 0.3 is 6.18 Å². The summed E-state index contributed by atoms with van der Waals surface area (Å²) in [6, 6.07) is 8.13. The van der Waals surface area contributed by atoms with Crippen LogP contribution in [0.1, 0.15) is 11.1 Å². The summed E-state index contributed by atoms with van der Waals surface area (Å²) < 4.78 is 70.1. The van der Waals surface area contributed by atoms with Crippen molar-refractivity contribution in [3.63, 3.8) is 0 Å². The van der Waals surface area contributed by atoms with Gasteiger partial charge in [0.2, 0.25) is 4.75 Å². The molecule has 0 spiro atoms. The fourth-order valence-corrected chi connectivity index (χ4v) is 3.88. The molecule has 0 radical (unpaired) electrons. The van der Waals surface area contributed by atoms with E-state index in [1.54, 1.807) is 0 Å². The van der Waals surface area contributed by atoms with Gasteiger partial charge in [-0.25, -0.2) is 0 Å². The van der Waals surface area contributed by atoms with Crippen molar-refractivity contribution in [2.24, 2.45) is 0 Å². The Balaban J connectivity index is 2.96. The van der Waals surface area contributed by atoms with Crippen molar-refractivity contribution in [3.05, 3.63) is 69.7 Å². The molecule has 0 saturated carbocycles. The second-order valence-electron chi connectivity index (χ2n) is 5.00. The molecule has 0 aliphatic rings. The first-order valence-electron chi connectivity index (χ1n) is 6.51. The zero-order chi connectivity index (χ0) is 19.0. The van der Waals surface area contributed by atoms with Crippen LogP contribution >= 0.6 is 23.2 Å².